The minimum atomic E-state index is -0.878. The molecule has 0 aromatic heterocycles. The Morgan fingerprint density at radius 2 is 1.92 bits per heavy atom. The number of carbonyl (C=O) groups is 1. The Bertz CT molecular complexity index is 722. The first-order chi connectivity index (χ1) is 12.5. The quantitative estimate of drug-likeness (QED) is 0.541. The third-order valence-corrected chi connectivity index (χ3v) is 5.31. The Labute approximate surface area is 167 Å². The zero-order chi connectivity index (χ0) is 18.9. The largest absolute Gasteiger partial charge is 0.491 e. The molecule has 140 valence electrons. The Morgan fingerprint density at radius 3 is 2.54 bits per heavy atom. The summed E-state index contributed by atoms with van der Waals surface area (Å²) in [6.45, 7) is 2.94. The second kappa shape index (κ2) is 10.7. The average molecular weight is 415 g/mol. The standard InChI is InChI=1S/C19H20Cl2O4S/c1-2-24-16(11-25-15-6-4-14(20)5-7-15)12-26-18-8-3-13(9-17(18)21)10-19(22)23/h3-9,16H,2,10-12H2,1H3,(H,22,23). The van der Waals surface area contributed by atoms with Gasteiger partial charge in [0.1, 0.15) is 18.5 Å². The van der Waals surface area contributed by atoms with E-state index in [9.17, 15) is 4.79 Å². The molecule has 1 unspecified atom stereocenters. The summed E-state index contributed by atoms with van der Waals surface area (Å²) < 4.78 is 11.5. The molecule has 0 aliphatic rings. The number of carboxylic acid groups (broad SMARTS) is 1. The van der Waals surface area contributed by atoms with E-state index in [-0.39, 0.29) is 12.5 Å². The van der Waals surface area contributed by atoms with Crippen molar-refractivity contribution < 1.29 is 19.4 Å². The van der Waals surface area contributed by atoms with Crippen molar-refractivity contribution in [1.29, 1.82) is 0 Å². The van der Waals surface area contributed by atoms with Crippen molar-refractivity contribution in [3.05, 3.63) is 58.1 Å². The molecule has 0 heterocycles. The van der Waals surface area contributed by atoms with E-state index in [1.165, 1.54) is 0 Å². The van der Waals surface area contributed by atoms with Gasteiger partial charge in [0.2, 0.25) is 0 Å². The lowest BCUT2D eigenvalue weighted by Crippen LogP contribution is -2.24. The van der Waals surface area contributed by atoms with E-state index in [2.05, 4.69) is 0 Å². The van der Waals surface area contributed by atoms with Crippen molar-refractivity contribution in [2.75, 3.05) is 19.0 Å². The van der Waals surface area contributed by atoms with E-state index < -0.39 is 5.97 Å². The third-order valence-electron chi connectivity index (χ3n) is 3.43. The van der Waals surface area contributed by atoms with Crippen LogP contribution >= 0.6 is 35.0 Å². The summed E-state index contributed by atoms with van der Waals surface area (Å²) in [5, 5.41) is 10.1. The Hall–Kier alpha value is -1.40. The molecule has 0 fully saturated rings. The zero-order valence-electron chi connectivity index (χ0n) is 14.3. The molecule has 2 aromatic carbocycles. The Kier molecular flexibility index (Phi) is 8.59. The summed E-state index contributed by atoms with van der Waals surface area (Å²) >= 11 is 13.7. The van der Waals surface area contributed by atoms with Gasteiger partial charge in [0.05, 0.1) is 11.4 Å². The molecule has 26 heavy (non-hydrogen) atoms. The molecule has 0 aliphatic carbocycles. The lowest BCUT2D eigenvalue weighted by atomic mass is 10.1. The van der Waals surface area contributed by atoms with Crippen LogP contribution in [0.15, 0.2) is 47.4 Å². The number of rotatable bonds is 10. The maximum absolute atomic E-state index is 10.8. The van der Waals surface area contributed by atoms with Gasteiger partial charge in [-0.1, -0.05) is 29.3 Å². The van der Waals surface area contributed by atoms with Crippen molar-refractivity contribution in [1.82, 2.24) is 0 Å². The second-order valence-electron chi connectivity index (χ2n) is 5.49. The molecule has 0 amide bonds. The molecule has 1 atom stereocenters. The number of carboxylic acids is 1. The summed E-state index contributed by atoms with van der Waals surface area (Å²) in [5.74, 6) is 0.525. The van der Waals surface area contributed by atoms with Crippen LogP contribution in [-0.4, -0.2) is 36.1 Å². The van der Waals surface area contributed by atoms with Crippen molar-refractivity contribution in [3.8, 4) is 5.75 Å². The van der Waals surface area contributed by atoms with E-state index in [0.29, 0.717) is 34.6 Å². The number of ether oxygens (including phenoxy) is 2. The summed E-state index contributed by atoms with van der Waals surface area (Å²) in [4.78, 5) is 11.7. The third kappa shape index (κ3) is 7.08. The summed E-state index contributed by atoms with van der Waals surface area (Å²) in [6.07, 6.45) is -0.142. The van der Waals surface area contributed by atoms with Gasteiger partial charge in [-0.05, 0) is 48.9 Å². The van der Waals surface area contributed by atoms with Crippen molar-refractivity contribution in [2.24, 2.45) is 0 Å². The first kappa shape index (κ1) is 20.9. The van der Waals surface area contributed by atoms with E-state index in [4.69, 9.17) is 37.8 Å². The van der Waals surface area contributed by atoms with Crippen LogP contribution in [0.25, 0.3) is 0 Å². The lowest BCUT2D eigenvalue weighted by molar-refractivity contribution is -0.136. The van der Waals surface area contributed by atoms with Gasteiger partial charge in [-0.2, -0.15) is 0 Å². The van der Waals surface area contributed by atoms with E-state index in [1.807, 2.05) is 25.1 Å². The maximum Gasteiger partial charge on any atom is 0.307 e. The van der Waals surface area contributed by atoms with Gasteiger partial charge in [0.25, 0.3) is 0 Å². The van der Waals surface area contributed by atoms with Gasteiger partial charge in [-0.3, -0.25) is 4.79 Å². The Morgan fingerprint density at radius 1 is 1.19 bits per heavy atom. The highest BCUT2D eigenvalue weighted by molar-refractivity contribution is 7.99. The molecule has 0 saturated heterocycles. The van der Waals surface area contributed by atoms with Gasteiger partial charge in [0, 0.05) is 22.3 Å². The number of halogens is 2. The Balaban J connectivity index is 1.90. The van der Waals surface area contributed by atoms with Crippen molar-refractivity contribution in [3.63, 3.8) is 0 Å². The van der Waals surface area contributed by atoms with Crippen LogP contribution in [0.1, 0.15) is 12.5 Å². The summed E-state index contributed by atoms with van der Waals surface area (Å²) in [6, 6.07) is 12.5. The molecule has 0 aliphatic heterocycles. The molecule has 0 spiro atoms. The number of thioether (sulfide) groups is 1. The fourth-order valence-electron chi connectivity index (χ4n) is 2.23. The van der Waals surface area contributed by atoms with Gasteiger partial charge in [-0.15, -0.1) is 11.8 Å². The second-order valence-corrected chi connectivity index (χ2v) is 7.39. The molecular weight excluding hydrogens is 395 g/mol. The molecule has 1 N–H and O–H groups in total. The zero-order valence-corrected chi connectivity index (χ0v) is 16.6. The minimum Gasteiger partial charge on any atom is -0.491 e. The fraction of sp³-hybridized carbons (Fsp3) is 0.316. The van der Waals surface area contributed by atoms with Crippen molar-refractivity contribution >= 4 is 40.9 Å². The van der Waals surface area contributed by atoms with E-state index in [1.54, 1.807) is 36.0 Å². The van der Waals surface area contributed by atoms with E-state index in [0.717, 1.165) is 10.6 Å². The van der Waals surface area contributed by atoms with Gasteiger partial charge in [-0.25, -0.2) is 0 Å². The molecular formula is C19H20Cl2O4S. The maximum atomic E-state index is 10.8. The smallest absolute Gasteiger partial charge is 0.307 e. The van der Waals surface area contributed by atoms with Crippen LogP contribution in [-0.2, 0) is 16.0 Å². The minimum absolute atomic E-state index is 0.0405. The first-order valence-electron chi connectivity index (χ1n) is 8.11. The van der Waals surface area contributed by atoms with Gasteiger partial charge >= 0.3 is 5.97 Å². The average Bonchev–Trinajstić information content (AvgIpc) is 2.59. The van der Waals surface area contributed by atoms with Crippen LogP contribution in [0, 0.1) is 0 Å². The molecule has 0 radical (unpaired) electrons. The normalized spacial score (nSPS) is 12.0. The van der Waals surface area contributed by atoms with Gasteiger partial charge in [0.15, 0.2) is 0 Å². The van der Waals surface area contributed by atoms with E-state index >= 15 is 0 Å². The predicted octanol–water partition coefficient (Wildman–Crippen LogP) is 5.20. The van der Waals surface area contributed by atoms with Crippen LogP contribution in [0.3, 0.4) is 0 Å². The van der Waals surface area contributed by atoms with Crippen LogP contribution in [0.2, 0.25) is 10.0 Å². The van der Waals surface area contributed by atoms with Crippen LogP contribution < -0.4 is 4.74 Å². The first-order valence-corrected chi connectivity index (χ1v) is 9.85. The highest BCUT2D eigenvalue weighted by Crippen LogP contribution is 2.29. The lowest BCUT2D eigenvalue weighted by Gasteiger charge is -2.18. The van der Waals surface area contributed by atoms with Crippen LogP contribution in [0.4, 0.5) is 0 Å². The summed E-state index contributed by atoms with van der Waals surface area (Å²) in [7, 11) is 0. The monoisotopic (exact) mass is 414 g/mol. The number of hydrogen-bond acceptors (Lipinski definition) is 4. The predicted molar refractivity (Wildman–Crippen MR) is 106 cm³/mol. The molecule has 2 aromatic rings. The van der Waals surface area contributed by atoms with Crippen molar-refractivity contribution in [2.45, 2.75) is 24.3 Å². The topological polar surface area (TPSA) is 55.8 Å². The van der Waals surface area contributed by atoms with Gasteiger partial charge < -0.3 is 14.6 Å². The SMILES string of the molecule is CCOC(COc1ccc(Cl)cc1)CSc1ccc(CC(=O)O)cc1Cl. The molecule has 0 saturated carbocycles. The summed E-state index contributed by atoms with van der Waals surface area (Å²) in [5.41, 5.74) is 0.680. The highest BCUT2D eigenvalue weighted by atomic mass is 35.5. The molecule has 7 heteroatoms. The molecule has 4 nitrogen and oxygen atoms in total. The number of hydrogen-bond donors (Lipinski definition) is 1. The number of aliphatic carboxylic acids is 1. The number of benzene rings is 2. The fourth-order valence-corrected chi connectivity index (χ4v) is 3.64. The molecule has 0 bridgehead atoms. The highest BCUT2D eigenvalue weighted by Gasteiger charge is 2.13. The molecule has 2 rings (SSSR count). The van der Waals surface area contributed by atoms with Crippen LogP contribution in [0.5, 0.6) is 5.75 Å².